The minimum Gasteiger partial charge on any atom is -0.424 e. The molecule has 0 saturated carbocycles. The molecule has 0 bridgehead atoms. The van der Waals surface area contributed by atoms with Crippen LogP contribution in [-0.4, -0.2) is 65.7 Å². The number of hydrogen-bond donors (Lipinski definition) is 1. The van der Waals surface area contributed by atoms with E-state index >= 15 is 0 Å². The Kier molecular flexibility index (Phi) is 4.53. The van der Waals surface area contributed by atoms with E-state index in [2.05, 4.69) is 15.1 Å². The summed E-state index contributed by atoms with van der Waals surface area (Å²) in [7, 11) is -3.94. The number of aromatic nitrogens is 2. The summed E-state index contributed by atoms with van der Waals surface area (Å²) in [5.41, 5.74) is -0.576. The summed E-state index contributed by atoms with van der Waals surface area (Å²) in [6.07, 6.45) is 0. The van der Waals surface area contributed by atoms with Crippen LogP contribution in [0.3, 0.4) is 0 Å². The molecule has 0 unspecified atom stereocenters. The number of benzene rings is 1. The van der Waals surface area contributed by atoms with Gasteiger partial charge in [-0.25, -0.2) is 12.8 Å². The molecule has 4 rings (SSSR count). The number of rotatable bonds is 5. The van der Waals surface area contributed by atoms with Crippen LogP contribution >= 0.6 is 0 Å². The minimum absolute atomic E-state index is 0.0481. The van der Waals surface area contributed by atoms with Crippen LogP contribution in [0.25, 0.3) is 0 Å². The van der Waals surface area contributed by atoms with Gasteiger partial charge in [0, 0.05) is 38.5 Å². The molecule has 0 spiro atoms. The molecular formula is C17H21FN4O4S. The summed E-state index contributed by atoms with van der Waals surface area (Å²) in [6.45, 7) is 3.56. The topological polar surface area (TPSA) is 99.8 Å². The molecule has 1 aromatic heterocycles. The average Bonchev–Trinajstić information content (AvgIpc) is 3.28. The standard InChI is InChI=1S/C17H21FN4O4S/c1-12-19-20-16(26-12)8-21-6-13-7-22(10-17(13,9-21)11-23)27(24,25)15-5-3-2-4-14(15)18/h2-5,13,23H,6-11H2,1H3/t13-,17+/m0/s1. The van der Waals surface area contributed by atoms with Gasteiger partial charge in [-0.3, -0.25) is 4.90 Å². The van der Waals surface area contributed by atoms with Gasteiger partial charge in [-0.15, -0.1) is 10.2 Å². The van der Waals surface area contributed by atoms with Crippen molar-refractivity contribution < 1.29 is 22.3 Å². The number of halogens is 1. The fraction of sp³-hybridized carbons (Fsp3) is 0.529. The number of aliphatic hydroxyl groups is 1. The maximum Gasteiger partial charge on any atom is 0.246 e. The Balaban J connectivity index is 1.52. The maximum absolute atomic E-state index is 14.0. The Morgan fingerprint density at radius 3 is 2.70 bits per heavy atom. The lowest BCUT2D eigenvalue weighted by molar-refractivity contribution is 0.117. The molecule has 1 N–H and O–H groups in total. The van der Waals surface area contributed by atoms with Crippen molar-refractivity contribution in [2.75, 3.05) is 32.8 Å². The van der Waals surface area contributed by atoms with E-state index in [1.807, 2.05) is 0 Å². The van der Waals surface area contributed by atoms with E-state index in [1.165, 1.54) is 22.5 Å². The summed E-state index contributed by atoms with van der Waals surface area (Å²) in [5, 5.41) is 17.8. The molecule has 2 fully saturated rings. The van der Waals surface area contributed by atoms with Gasteiger partial charge in [-0.2, -0.15) is 4.31 Å². The van der Waals surface area contributed by atoms with E-state index in [0.29, 0.717) is 31.4 Å². The number of aliphatic hydroxyl groups excluding tert-OH is 1. The SMILES string of the molecule is Cc1nnc(CN2C[C@H]3CN(S(=O)(=O)c4ccccc4F)C[C@@]3(CO)C2)o1. The van der Waals surface area contributed by atoms with Gasteiger partial charge in [0.2, 0.25) is 21.8 Å². The Morgan fingerprint density at radius 1 is 1.30 bits per heavy atom. The number of likely N-dealkylation sites (tertiary alicyclic amines) is 1. The third-order valence-electron chi connectivity index (χ3n) is 5.49. The van der Waals surface area contributed by atoms with Gasteiger partial charge in [0.1, 0.15) is 10.7 Å². The van der Waals surface area contributed by atoms with E-state index in [4.69, 9.17) is 4.42 Å². The normalized spacial score (nSPS) is 26.6. The highest BCUT2D eigenvalue weighted by Gasteiger charge is 2.55. The molecule has 8 nitrogen and oxygen atoms in total. The fourth-order valence-electron chi connectivity index (χ4n) is 4.15. The zero-order valence-electron chi connectivity index (χ0n) is 14.9. The van der Waals surface area contributed by atoms with Gasteiger partial charge in [0.15, 0.2) is 0 Å². The van der Waals surface area contributed by atoms with Crippen LogP contribution in [0, 0.1) is 24.1 Å². The molecule has 2 saturated heterocycles. The van der Waals surface area contributed by atoms with E-state index in [9.17, 15) is 17.9 Å². The first-order chi connectivity index (χ1) is 12.8. The molecule has 3 heterocycles. The largest absolute Gasteiger partial charge is 0.424 e. The monoisotopic (exact) mass is 396 g/mol. The van der Waals surface area contributed by atoms with Crippen LogP contribution in [0.4, 0.5) is 4.39 Å². The van der Waals surface area contributed by atoms with E-state index in [-0.39, 0.29) is 30.5 Å². The molecule has 10 heteroatoms. The summed E-state index contributed by atoms with van der Waals surface area (Å²) < 4.78 is 46.5. The zero-order valence-corrected chi connectivity index (χ0v) is 15.7. The van der Waals surface area contributed by atoms with Crippen molar-refractivity contribution in [1.29, 1.82) is 0 Å². The fourth-order valence-corrected chi connectivity index (χ4v) is 5.80. The van der Waals surface area contributed by atoms with Crippen LogP contribution in [-0.2, 0) is 16.6 Å². The molecule has 2 aromatic rings. The highest BCUT2D eigenvalue weighted by molar-refractivity contribution is 7.89. The second-order valence-corrected chi connectivity index (χ2v) is 9.24. The molecular weight excluding hydrogens is 375 g/mol. The smallest absolute Gasteiger partial charge is 0.246 e. The van der Waals surface area contributed by atoms with E-state index in [1.54, 1.807) is 6.92 Å². The molecule has 0 amide bonds. The Hall–Kier alpha value is -1.88. The Labute approximate surface area is 156 Å². The van der Waals surface area contributed by atoms with Crippen LogP contribution < -0.4 is 0 Å². The number of nitrogens with zero attached hydrogens (tertiary/aromatic N) is 4. The van der Waals surface area contributed by atoms with E-state index < -0.39 is 21.3 Å². The summed E-state index contributed by atoms with van der Waals surface area (Å²) in [5.74, 6) is 0.175. The minimum atomic E-state index is -3.94. The zero-order chi connectivity index (χ0) is 19.2. The van der Waals surface area contributed by atoms with Crippen molar-refractivity contribution >= 4 is 10.0 Å². The first-order valence-electron chi connectivity index (χ1n) is 8.71. The quantitative estimate of drug-likeness (QED) is 0.791. The van der Waals surface area contributed by atoms with Crippen molar-refractivity contribution in [3.05, 3.63) is 41.9 Å². The maximum atomic E-state index is 14.0. The lowest BCUT2D eigenvalue weighted by Gasteiger charge is -2.26. The molecule has 1 aromatic carbocycles. The molecule has 2 aliphatic rings. The Bertz CT molecular complexity index is 950. The van der Waals surface area contributed by atoms with Gasteiger partial charge in [0.25, 0.3) is 0 Å². The van der Waals surface area contributed by atoms with Gasteiger partial charge in [-0.05, 0) is 18.1 Å². The van der Waals surface area contributed by atoms with Crippen molar-refractivity contribution in [3.63, 3.8) is 0 Å². The van der Waals surface area contributed by atoms with Crippen LogP contribution in [0.5, 0.6) is 0 Å². The third-order valence-corrected chi connectivity index (χ3v) is 7.34. The van der Waals surface area contributed by atoms with Crippen molar-refractivity contribution in [1.82, 2.24) is 19.4 Å². The number of aryl methyl sites for hydroxylation is 1. The first kappa shape index (κ1) is 18.5. The molecule has 27 heavy (non-hydrogen) atoms. The molecule has 0 aliphatic carbocycles. The predicted molar refractivity (Wildman–Crippen MR) is 92.5 cm³/mol. The van der Waals surface area contributed by atoms with Crippen molar-refractivity contribution in [2.24, 2.45) is 11.3 Å². The highest BCUT2D eigenvalue weighted by Crippen LogP contribution is 2.44. The average molecular weight is 396 g/mol. The summed E-state index contributed by atoms with van der Waals surface area (Å²) in [4.78, 5) is 1.76. The first-order valence-corrected chi connectivity index (χ1v) is 10.1. The molecule has 2 atom stereocenters. The van der Waals surface area contributed by atoms with Gasteiger partial charge in [0.05, 0.1) is 13.2 Å². The van der Waals surface area contributed by atoms with Crippen LogP contribution in [0.15, 0.2) is 33.6 Å². The van der Waals surface area contributed by atoms with Crippen molar-refractivity contribution in [3.8, 4) is 0 Å². The lowest BCUT2D eigenvalue weighted by Crippen LogP contribution is -2.39. The predicted octanol–water partition coefficient (Wildman–Crippen LogP) is 0.632. The number of fused-ring (bicyclic) bond motifs is 1. The number of sulfonamides is 1. The number of hydrogen-bond acceptors (Lipinski definition) is 7. The second-order valence-electron chi connectivity index (χ2n) is 7.33. The van der Waals surface area contributed by atoms with Gasteiger partial charge in [-0.1, -0.05) is 12.1 Å². The lowest BCUT2D eigenvalue weighted by atomic mass is 9.82. The summed E-state index contributed by atoms with van der Waals surface area (Å²) in [6, 6.07) is 5.37. The Morgan fingerprint density at radius 2 is 2.07 bits per heavy atom. The molecule has 0 radical (unpaired) electrons. The van der Waals surface area contributed by atoms with Crippen molar-refractivity contribution in [2.45, 2.75) is 18.4 Å². The van der Waals surface area contributed by atoms with Gasteiger partial charge >= 0.3 is 0 Å². The van der Waals surface area contributed by atoms with Gasteiger partial charge < -0.3 is 9.52 Å². The van der Waals surface area contributed by atoms with Crippen LogP contribution in [0.1, 0.15) is 11.8 Å². The second kappa shape index (κ2) is 6.62. The van der Waals surface area contributed by atoms with E-state index in [0.717, 1.165) is 6.07 Å². The molecule has 146 valence electrons. The third kappa shape index (κ3) is 3.16. The summed E-state index contributed by atoms with van der Waals surface area (Å²) >= 11 is 0. The molecule has 2 aliphatic heterocycles. The highest BCUT2D eigenvalue weighted by atomic mass is 32.2. The van der Waals surface area contributed by atoms with Crippen LogP contribution in [0.2, 0.25) is 0 Å².